The fourth-order valence-corrected chi connectivity index (χ4v) is 2.78. The van der Waals surface area contributed by atoms with Crippen LogP contribution in [0.3, 0.4) is 0 Å². The van der Waals surface area contributed by atoms with E-state index in [1.807, 2.05) is 0 Å². The molecule has 6 N–H and O–H groups in total. The molecule has 2 rings (SSSR count). The normalized spacial score (nSPS) is 37.6. The van der Waals surface area contributed by atoms with Gasteiger partial charge in [0.05, 0.1) is 29.9 Å². The monoisotopic (exact) mass is 300 g/mol. The largest absolute Gasteiger partial charge is 0.512 e. The predicted molar refractivity (Wildman–Crippen MR) is 70.9 cm³/mol. The predicted octanol–water partition coefficient (Wildman–Crippen LogP) is -1.68. The number of aliphatic hydroxyl groups excluding tert-OH is 3. The Morgan fingerprint density at radius 2 is 2.10 bits per heavy atom. The molecule has 118 valence electrons. The van der Waals surface area contributed by atoms with E-state index in [-0.39, 0.29) is 17.8 Å². The zero-order valence-electron chi connectivity index (χ0n) is 11.8. The first-order chi connectivity index (χ1) is 9.73. The van der Waals surface area contributed by atoms with E-state index in [0.29, 0.717) is 0 Å². The number of hydrogen-bond donors (Lipinski definition) is 5. The number of esters is 1. The van der Waals surface area contributed by atoms with E-state index in [1.165, 1.54) is 6.92 Å². The molecule has 0 aromatic heterocycles. The van der Waals surface area contributed by atoms with Gasteiger partial charge in [-0.1, -0.05) is 0 Å². The molecule has 1 aliphatic carbocycles. The van der Waals surface area contributed by atoms with Crippen LogP contribution in [0.25, 0.3) is 0 Å². The van der Waals surface area contributed by atoms with Crippen LogP contribution in [0.2, 0.25) is 0 Å². The highest BCUT2D eigenvalue weighted by molar-refractivity contribution is 5.92. The Bertz CT molecular complexity index is 489. The summed E-state index contributed by atoms with van der Waals surface area (Å²) < 4.78 is 5.10. The number of rotatable bonds is 2. The molecule has 1 saturated heterocycles. The smallest absolute Gasteiger partial charge is 0.338 e. The van der Waals surface area contributed by atoms with Crippen LogP contribution in [0.15, 0.2) is 11.3 Å². The summed E-state index contributed by atoms with van der Waals surface area (Å²) in [5, 5.41) is 32.4. The Balaban J connectivity index is 2.37. The Hall–Kier alpha value is -1.64. The number of amides is 1. The summed E-state index contributed by atoms with van der Waals surface area (Å²) in [6.45, 7) is 3.06. The molecular formula is C13H20N2O6. The molecule has 8 nitrogen and oxygen atoms in total. The van der Waals surface area contributed by atoms with E-state index in [1.54, 1.807) is 6.92 Å². The number of carbonyl (C=O) groups is 2. The second-order valence-electron chi connectivity index (χ2n) is 5.58. The first kappa shape index (κ1) is 15.7. The molecule has 1 amide bonds. The number of cyclic esters (lactones) is 1. The van der Waals surface area contributed by atoms with Crippen molar-refractivity contribution in [3.63, 3.8) is 0 Å². The lowest BCUT2D eigenvalue weighted by atomic mass is 9.74. The van der Waals surface area contributed by atoms with E-state index in [4.69, 9.17) is 10.5 Å². The van der Waals surface area contributed by atoms with Crippen LogP contribution in [-0.4, -0.2) is 57.6 Å². The molecule has 0 saturated carbocycles. The molecule has 1 unspecified atom stereocenters. The van der Waals surface area contributed by atoms with E-state index in [0.717, 1.165) is 0 Å². The van der Waals surface area contributed by atoms with Gasteiger partial charge in [0.1, 0.15) is 11.9 Å². The topological polar surface area (TPSA) is 142 Å². The molecule has 1 heterocycles. The third-order valence-corrected chi connectivity index (χ3v) is 3.94. The average Bonchev–Trinajstić information content (AvgIpc) is 2.38. The van der Waals surface area contributed by atoms with Crippen LogP contribution in [0.1, 0.15) is 20.3 Å². The second-order valence-corrected chi connectivity index (χ2v) is 5.58. The van der Waals surface area contributed by atoms with Gasteiger partial charge >= 0.3 is 5.97 Å². The van der Waals surface area contributed by atoms with Crippen molar-refractivity contribution < 1.29 is 29.6 Å². The maximum absolute atomic E-state index is 11.9. The zero-order valence-corrected chi connectivity index (χ0v) is 11.8. The number of nitrogens with two attached hydrogens (primary N) is 1. The minimum Gasteiger partial charge on any atom is -0.512 e. The second kappa shape index (κ2) is 5.63. The lowest BCUT2D eigenvalue weighted by Gasteiger charge is -2.43. The lowest BCUT2D eigenvalue weighted by Crippen LogP contribution is -2.61. The van der Waals surface area contributed by atoms with Crippen LogP contribution in [-0.2, 0) is 14.3 Å². The number of aliphatic hydroxyl groups is 3. The first-order valence-electron chi connectivity index (χ1n) is 6.79. The van der Waals surface area contributed by atoms with Crippen molar-refractivity contribution in [2.45, 2.75) is 50.7 Å². The molecule has 0 radical (unpaired) electrons. The fraction of sp³-hybridized carbons (Fsp3) is 0.692. The van der Waals surface area contributed by atoms with Gasteiger partial charge in [-0.2, -0.15) is 0 Å². The molecule has 0 aromatic rings. The van der Waals surface area contributed by atoms with Gasteiger partial charge in [0.15, 0.2) is 0 Å². The number of hydrogen-bond acceptors (Lipinski definition) is 7. The van der Waals surface area contributed by atoms with Crippen molar-refractivity contribution in [3.05, 3.63) is 11.3 Å². The summed E-state index contributed by atoms with van der Waals surface area (Å²) in [5.41, 5.74) is 5.39. The van der Waals surface area contributed by atoms with Crippen molar-refractivity contribution in [3.8, 4) is 0 Å². The summed E-state index contributed by atoms with van der Waals surface area (Å²) in [4.78, 5) is 23.7. The third-order valence-electron chi connectivity index (χ3n) is 3.94. The van der Waals surface area contributed by atoms with Crippen LogP contribution >= 0.6 is 0 Å². The summed E-state index contributed by atoms with van der Waals surface area (Å²) >= 11 is 0. The van der Waals surface area contributed by atoms with Gasteiger partial charge in [-0.15, -0.1) is 0 Å². The highest BCUT2D eigenvalue weighted by atomic mass is 16.5. The molecule has 0 aromatic carbocycles. The van der Waals surface area contributed by atoms with Crippen LogP contribution < -0.4 is 11.1 Å². The highest BCUT2D eigenvalue weighted by Gasteiger charge is 2.50. The quantitative estimate of drug-likeness (QED) is 0.383. The van der Waals surface area contributed by atoms with Crippen molar-refractivity contribution in [1.29, 1.82) is 0 Å². The molecule has 6 atom stereocenters. The van der Waals surface area contributed by atoms with E-state index < -0.39 is 48.2 Å². The van der Waals surface area contributed by atoms with Gasteiger partial charge in [-0.3, -0.25) is 4.79 Å². The van der Waals surface area contributed by atoms with Gasteiger partial charge in [0, 0.05) is 12.3 Å². The first-order valence-corrected chi connectivity index (χ1v) is 6.79. The van der Waals surface area contributed by atoms with Gasteiger partial charge in [0.2, 0.25) is 5.91 Å². The summed E-state index contributed by atoms with van der Waals surface area (Å²) in [6, 6.07) is -1.55. The van der Waals surface area contributed by atoms with Gasteiger partial charge in [-0.25, -0.2) is 4.79 Å². The molecule has 1 aliphatic heterocycles. The van der Waals surface area contributed by atoms with E-state index in [9.17, 15) is 24.9 Å². The zero-order chi connectivity index (χ0) is 15.9. The van der Waals surface area contributed by atoms with Gasteiger partial charge < -0.3 is 31.1 Å². The number of carbonyl (C=O) groups excluding carboxylic acids is 2. The minimum absolute atomic E-state index is 0.0964. The SMILES string of the molecule is CC(N)C(=O)N[C@@H]1[C@H]2C(=C(O)C[C@@H](O)[C@@H]2O)C(=O)O[C@H]1C. The maximum atomic E-state index is 11.9. The number of fused-ring (bicyclic) bond motifs is 1. The Kier molecular flexibility index (Phi) is 4.22. The molecule has 21 heavy (non-hydrogen) atoms. The van der Waals surface area contributed by atoms with Crippen molar-refractivity contribution in [2.24, 2.45) is 11.7 Å². The van der Waals surface area contributed by atoms with Crippen LogP contribution in [0, 0.1) is 5.92 Å². The minimum atomic E-state index is -1.29. The summed E-state index contributed by atoms with van der Waals surface area (Å²) in [7, 11) is 0. The Labute approximate surface area is 121 Å². The van der Waals surface area contributed by atoms with Crippen molar-refractivity contribution >= 4 is 11.9 Å². The molecule has 0 spiro atoms. The maximum Gasteiger partial charge on any atom is 0.338 e. The molecule has 1 fully saturated rings. The summed E-state index contributed by atoms with van der Waals surface area (Å²) in [5.74, 6) is -2.49. The molecule has 2 aliphatic rings. The Morgan fingerprint density at radius 1 is 1.48 bits per heavy atom. The number of nitrogens with one attached hydrogen (secondary N) is 1. The van der Waals surface area contributed by atoms with Gasteiger partial charge in [-0.05, 0) is 13.8 Å². The Morgan fingerprint density at radius 3 is 2.67 bits per heavy atom. The third kappa shape index (κ3) is 2.74. The summed E-state index contributed by atoms with van der Waals surface area (Å²) in [6.07, 6.45) is -3.46. The highest BCUT2D eigenvalue weighted by Crippen LogP contribution is 2.37. The van der Waals surface area contributed by atoms with Gasteiger partial charge in [0.25, 0.3) is 0 Å². The molecule has 8 heteroatoms. The van der Waals surface area contributed by atoms with Crippen molar-refractivity contribution in [1.82, 2.24) is 5.32 Å². The average molecular weight is 300 g/mol. The van der Waals surface area contributed by atoms with Crippen LogP contribution in [0.4, 0.5) is 0 Å². The molecular weight excluding hydrogens is 280 g/mol. The van der Waals surface area contributed by atoms with E-state index >= 15 is 0 Å². The van der Waals surface area contributed by atoms with Crippen molar-refractivity contribution in [2.75, 3.05) is 0 Å². The molecule has 0 bridgehead atoms. The number of ether oxygens (including phenoxy) is 1. The standard InChI is InChI=1S/C13H20N2O6/c1-4(14)12(19)15-10-5(2)21-13(20)8-6(16)3-7(17)11(18)9(8)10/h4-5,7,9-11,16-18H,3,14H2,1-2H3,(H,15,19)/t4?,5-,7+,9+,10-,11-/m0/s1. The van der Waals surface area contributed by atoms with Crippen LogP contribution in [0.5, 0.6) is 0 Å². The fourth-order valence-electron chi connectivity index (χ4n) is 2.78. The lowest BCUT2D eigenvalue weighted by molar-refractivity contribution is -0.159. The van der Waals surface area contributed by atoms with E-state index in [2.05, 4.69) is 5.32 Å².